The van der Waals surface area contributed by atoms with Crippen molar-refractivity contribution in [2.24, 2.45) is 5.73 Å². The number of nitrogens with zero attached hydrogens (tertiary/aromatic N) is 1. The predicted octanol–water partition coefficient (Wildman–Crippen LogP) is 3.33. The molecular weight excluding hydrogens is 279 g/mol. The highest BCUT2D eigenvalue weighted by Gasteiger charge is 2.20. The monoisotopic (exact) mass is 300 g/mol. The van der Waals surface area contributed by atoms with E-state index in [0.717, 1.165) is 37.2 Å². The molecule has 4 heteroatoms. The van der Waals surface area contributed by atoms with Crippen LogP contribution in [0, 0.1) is 5.82 Å². The van der Waals surface area contributed by atoms with Gasteiger partial charge >= 0.3 is 0 Å². The zero-order valence-corrected chi connectivity index (χ0v) is 12.5. The number of anilines is 1. The van der Waals surface area contributed by atoms with Gasteiger partial charge in [-0.05, 0) is 42.0 Å². The number of piperidine rings is 1. The molecule has 0 aliphatic carbocycles. The Morgan fingerprint density at radius 1 is 1.00 bits per heavy atom. The molecule has 0 aromatic heterocycles. The molecule has 1 aliphatic rings. The first-order chi connectivity index (χ1) is 10.7. The minimum atomic E-state index is -0.233. The summed E-state index contributed by atoms with van der Waals surface area (Å²) >= 11 is 0. The second-order valence-corrected chi connectivity index (χ2v) is 5.63. The Kier molecular flexibility index (Phi) is 4.59. The number of hydrogen-bond acceptors (Lipinski definition) is 3. The van der Waals surface area contributed by atoms with Crippen LogP contribution < -0.4 is 15.4 Å². The third-order valence-corrected chi connectivity index (χ3v) is 4.10. The molecule has 0 bridgehead atoms. The van der Waals surface area contributed by atoms with Crippen LogP contribution in [0.4, 0.5) is 10.1 Å². The van der Waals surface area contributed by atoms with E-state index in [1.807, 2.05) is 0 Å². The molecule has 3 rings (SSSR count). The molecule has 2 aromatic carbocycles. The second kappa shape index (κ2) is 6.79. The Morgan fingerprint density at radius 2 is 1.64 bits per heavy atom. The van der Waals surface area contributed by atoms with E-state index >= 15 is 0 Å². The van der Waals surface area contributed by atoms with E-state index in [1.165, 1.54) is 17.8 Å². The van der Waals surface area contributed by atoms with E-state index in [1.54, 1.807) is 12.1 Å². The molecule has 1 aliphatic heterocycles. The Morgan fingerprint density at radius 3 is 2.23 bits per heavy atom. The molecule has 0 spiro atoms. The molecule has 3 nitrogen and oxygen atoms in total. The summed E-state index contributed by atoms with van der Waals surface area (Å²) in [7, 11) is 0. The zero-order valence-electron chi connectivity index (χ0n) is 12.5. The Hall–Kier alpha value is -2.07. The molecule has 1 heterocycles. The molecule has 1 saturated heterocycles. The van der Waals surface area contributed by atoms with Crippen molar-refractivity contribution in [3.63, 3.8) is 0 Å². The quantitative estimate of drug-likeness (QED) is 0.941. The number of halogens is 1. The van der Waals surface area contributed by atoms with Crippen LogP contribution in [0.3, 0.4) is 0 Å². The van der Waals surface area contributed by atoms with Gasteiger partial charge in [0, 0.05) is 38.2 Å². The Balaban J connectivity index is 1.54. The maximum Gasteiger partial charge on any atom is 0.123 e. The molecule has 0 unspecified atom stereocenters. The van der Waals surface area contributed by atoms with E-state index in [9.17, 15) is 4.39 Å². The van der Waals surface area contributed by atoms with E-state index in [2.05, 4.69) is 29.2 Å². The van der Waals surface area contributed by atoms with Crippen LogP contribution in [0.25, 0.3) is 0 Å². The Labute approximate surface area is 130 Å². The van der Waals surface area contributed by atoms with Crippen LogP contribution in [0.15, 0.2) is 48.5 Å². The number of nitrogens with two attached hydrogens (primary N) is 1. The van der Waals surface area contributed by atoms with Crippen molar-refractivity contribution >= 4 is 5.69 Å². The zero-order chi connectivity index (χ0) is 15.4. The third kappa shape index (κ3) is 3.57. The highest BCUT2D eigenvalue weighted by Crippen LogP contribution is 2.23. The first-order valence-corrected chi connectivity index (χ1v) is 7.71. The summed E-state index contributed by atoms with van der Waals surface area (Å²) in [5, 5.41) is 0. The fraction of sp³-hybridized carbons (Fsp3) is 0.333. The largest absolute Gasteiger partial charge is 0.490 e. The van der Waals surface area contributed by atoms with Crippen molar-refractivity contribution in [1.29, 1.82) is 0 Å². The van der Waals surface area contributed by atoms with Crippen molar-refractivity contribution in [3.8, 4) is 5.75 Å². The van der Waals surface area contributed by atoms with E-state index in [-0.39, 0.29) is 11.9 Å². The van der Waals surface area contributed by atoms with E-state index in [0.29, 0.717) is 6.54 Å². The highest BCUT2D eigenvalue weighted by molar-refractivity contribution is 5.48. The standard InChI is InChI=1S/C18H21FN2O/c19-15-3-7-17(8-4-15)22-18-9-11-21(12-10-18)16-5-1-14(13-20)2-6-16/h1-8,18H,9-13,20H2. The van der Waals surface area contributed by atoms with Gasteiger partial charge in [-0.2, -0.15) is 0 Å². The first kappa shape index (κ1) is 14.9. The van der Waals surface area contributed by atoms with Gasteiger partial charge in [-0.15, -0.1) is 0 Å². The summed E-state index contributed by atoms with van der Waals surface area (Å²) in [5.74, 6) is 0.509. The Bertz CT molecular complexity index is 589. The molecule has 0 amide bonds. The highest BCUT2D eigenvalue weighted by atomic mass is 19.1. The predicted molar refractivity (Wildman–Crippen MR) is 86.6 cm³/mol. The van der Waals surface area contributed by atoms with Gasteiger partial charge in [0.15, 0.2) is 0 Å². The van der Waals surface area contributed by atoms with Crippen LogP contribution in [0.1, 0.15) is 18.4 Å². The summed E-state index contributed by atoms with van der Waals surface area (Å²) in [5.41, 5.74) is 8.01. The summed E-state index contributed by atoms with van der Waals surface area (Å²) in [6, 6.07) is 14.7. The van der Waals surface area contributed by atoms with Crippen LogP contribution >= 0.6 is 0 Å². The van der Waals surface area contributed by atoms with Crippen molar-refractivity contribution < 1.29 is 9.13 Å². The van der Waals surface area contributed by atoms with Crippen molar-refractivity contribution in [2.75, 3.05) is 18.0 Å². The lowest BCUT2D eigenvalue weighted by Crippen LogP contribution is -2.38. The van der Waals surface area contributed by atoms with Gasteiger partial charge < -0.3 is 15.4 Å². The van der Waals surface area contributed by atoms with Crippen molar-refractivity contribution in [1.82, 2.24) is 0 Å². The fourth-order valence-corrected chi connectivity index (χ4v) is 2.78. The van der Waals surface area contributed by atoms with E-state index in [4.69, 9.17) is 10.5 Å². The number of hydrogen-bond donors (Lipinski definition) is 1. The van der Waals surface area contributed by atoms with Gasteiger partial charge in [-0.1, -0.05) is 12.1 Å². The molecule has 2 N–H and O–H groups in total. The number of benzene rings is 2. The van der Waals surface area contributed by atoms with Crippen LogP contribution in [0.5, 0.6) is 5.75 Å². The maximum absolute atomic E-state index is 12.9. The summed E-state index contributed by atoms with van der Waals surface area (Å²) in [6.45, 7) is 2.51. The SMILES string of the molecule is NCc1ccc(N2CCC(Oc3ccc(F)cc3)CC2)cc1. The molecule has 1 fully saturated rings. The molecular formula is C18H21FN2O. The van der Waals surface area contributed by atoms with Gasteiger partial charge in [0.25, 0.3) is 0 Å². The smallest absolute Gasteiger partial charge is 0.123 e. The molecule has 2 aromatic rings. The third-order valence-electron chi connectivity index (χ3n) is 4.10. The van der Waals surface area contributed by atoms with Crippen molar-refractivity contribution in [2.45, 2.75) is 25.5 Å². The topological polar surface area (TPSA) is 38.5 Å². The molecule has 116 valence electrons. The summed E-state index contributed by atoms with van der Waals surface area (Å²) in [4.78, 5) is 2.37. The minimum absolute atomic E-state index is 0.199. The maximum atomic E-state index is 12.9. The summed E-state index contributed by atoms with van der Waals surface area (Å²) in [6.07, 6.45) is 2.14. The average molecular weight is 300 g/mol. The van der Waals surface area contributed by atoms with Gasteiger partial charge in [0.05, 0.1) is 0 Å². The van der Waals surface area contributed by atoms with Gasteiger partial charge in [0.1, 0.15) is 17.7 Å². The number of rotatable bonds is 4. The lowest BCUT2D eigenvalue weighted by Gasteiger charge is -2.33. The molecule has 0 atom stereocenters. The molecule has 0 radical (unpaired) electrons. The van der Waals surface area contributed by atoms with Crippen LogP contribution in [-0.4, -0.2) is 19.2 Å². The fourth-order valence-electron chi connectivity index (χ4n) is 2.78. The van der Waals surface area contributed by atoms with Crippen molar-refractivity contribution in [3.05, 3.63) is 59.9 Å². The average Bonchev–Trinajstić information content (AvgIpc) is 2.58. The second-order valence-electron chi connectivity index (χ2n) is 5.63. The molecule has 0 saturated carbocycles. The lowest BCUT2D eigenvalue weighted by molar-refractivity contribution is 0.171. The molecule has 22 heavy (non-hydrogen) atoms. The van der Waals surface area contributed by atoms with Crippen LogP contribution in [0.2, 0.25) is 0 Å². The lowest BCUT2D eigenvalue weighted by atomic mass is 10.1. The summed E-state index contributed by atoms with van der Waals surface area (Å²) < 4.78 is 18.8. The van der Waals surface area contributed by atoms with Crippen LogP contribution in [-0.2, 0) is 6.54 Å². The van der Waals surface area contributed by atoms with E-state index < -0.39 is 0 Å². The number of ether oxygens (including phenoxy) is 1. The van der Waals surface area contributed by atoms with Gasteiger partial charge in [-0.3, -0.25) is 0 Å². The van der Waals surface area contributed by atoms with Gasteiger partial charge in [0.2, 0.25) is 0 Å². The minimum Gasteiger partial charge on any atom is -0.490 e. The normalized spacial score (nSPS) is 15.8. The van der Waals surface area contributed by atoms with Gasteiger partial charge in [-0.25, -0.2) is 4.39 Å². The first-order valence-electron chi connectivity index (χ1n) is 7.71.